The molecule has 0 heterocycles. The van der Waals surface area contributed by atoms with Crippen LogP contribution in [0.5, 0.6) is 0 Å². The molecule has 0 spiro atoms. The van der Waals surface area contributed by atoms with E-state index < -0.39 is 0 Å². The Bertz CT molecular complexity index is 341. The van der Waals surface area contributed by atoms with Crippen molar-refractivity contribution >= 4 is 5.69 Å². The minimum absolute atomic E-state index is 0.500. The summed E-state index contributed by atoms with van der Waals surface area (Å²) in [6, 6.07) is 9.44. The highest BCUT2D eigenvalue weighted by molar-refractivity contribution is 5.46. The lowest BCUT2D eigenvalue weighted by atomic mass is 9.97. The lowest BCUT2D eigenvalue weighted by Gasteiger charge is -2.20. The third-order valence-corrected chi connectivity index (χ3v) is 3.54. The van der Waals surface area contributed by atoms with Crippen molar-refractivity contribution in [2.75, 3.05) is 25.5 Å². The smallest absolute Gasteiger partial charge is 0.0361 e. The molecule has 1 atom stereocenters. The zero-order valence-corrected chi connectivity index (χ0v) is 13.2. The molecule has 0 fully saturated rings. The topological polar surface area (TPSA) is 15.3 Å². The maximum Gasteiger partial charge on any atom is 0.0361 e. The zero-order chi connectivity index (χ0) is 14.3. The Morgan fingerprint density at radius 1 is 1.05 bits per heavy atom. The normalized spacial score (nSPS) is 12.7. The summed E-state index contributed by atoms with van der Waals surface area (Å²) >= 11 is 0. The highest BCUT2D eigenvalue weighted by Gasteiger charge is 2.10. The molecule has 0 radical (unpaired) electrons. The van der Waals surface area contributed by atoms with Crippen molar-refractivity contribution in [2.24, 2.45) is 5.92 Å². The SMILES string of the molecule is CCNC(CCCC(C)C)c1ccc(N(C)C)cc1. The summed E-state index contributed by atoms with van der Waals surface area (Å²) < 4.78 is 0. The molecule has 108 valence electrons. The standard InChI is InChI=1S/C17H30N2/c1-6-18-17(9-7-8-14(2)3)15-10-12-16(13-11-15)19(4)5/h10-14,17-18H,6-9H2,1-5H3. The van der Waals surface area contributed by atoms with Gasteiger partial charge in [-0.1, -0.05) is 45.7 Å². The van der Waals surface area contributed by atoms with Gasteiger partial charge in [0.2, 0.25) is 0 Å². The van der Waals surface area contributed by atoms with E-state index in [0.29, 0.717) is 6.04 Å². The summed E-state index contributed by atoms with van der Waals surface area (Å²) in [7, 11) is 4.17. The van der Waals surface area contributed by atoms with Crippen LogP contribution in [-0.4, -0.2) is 20.6 Å². The summed E-state index contributed by atoms with van der Waals surface area (Å²) in [6.45, 7) is 7.81. The van der Waals surface area contributed by atoms with E-state index in [1.807, 2.05) is 0 Å². The second-order valence-electron chi connectivity index (χ2n) is 5.92. The van der Waals surface area contributed by atoms with Crippen LogP contribution in [-0.2, 0) is 0 Å². The average molecular weight is 262 g/mol. The third kappa shape index (κ3) is 5.65. The first kappa shape index (κ1) is 16.0. The Hall–Kier alpha value is -1.02. The van der Waals surface area contributed by atoms with Crippen molar-refractivity contribution in [3.05, 3.63) is 29.8 Å². The molecule has 19 heavy (non-hydrogen) atoms. The maximum atomic E-state index is 3.61. The summed E-state index contributed by atoms with van der Waals surface area (Å²) in [5.41, 5.74) is 2.68. The number of hydrogen-bond acceptors (Lipinski definition) is 2. The molecule has 0 aliphatic heterocycles. The van der Waals surface area contributed by atoms with E-state index in [1.165, 1.54) is 30.5 Å². The van der Waals surface area contributed by atoms with E-state index in [0.717, 1.165) is 12.5 Å². The molecule has 2 nitrogen and oxygen atoms in total. The van der Waals surface area contributed by atoms with E-state index in [-0.39, 0.29) is 0 Å². The molecule has 0 bridgehead atoms. The average Bonchev–Trinajstić information content (AvgIpc) is 2.37. The van der Waals surface area contributed by atoms with E-state index in [1.54, 1.807) is 0 Å². The largest absolute Gasteiger partial charge is 0.378 e. The monoisotopic (exact) mass is 262 g/mol. The molecule has 1 aromatic carbocycles. The molecule has 1 aromatic rings. The molecule has 1 N–H and O–H groups in total. The van der Waals surface area contributed by atoms with E-state index in [9.17, 15) is 0 Å². The molecule has 0 saturated heterocycles. The van der Waals surface area contributed by atoms with Gasteiger partial charge in [0.1, 0.15) is 0 Å². The fourth-order valence-corrected chi connectivity index (χ4v) is 2.37. The molecule has 0 aliphatic carbocycles. The Labute approximate surface area is 119 Å². The van der Waals surface area contributed by atoms with Crippen molar-refractivity contribution in [1.29, 1.82) is 0 Å². The zero-order valence-electron chi connectivity index (χ0n) is 13.2. The van der Waals surface area contributed by atoms with Crippen molar-refractivity contribution in [3.8, 4) is 0 Å². The predicted molar refractivity (Wildman–Crippen MR) is 85.9 cm³/mol. The van der Waals surface area contributed by atoms with Crippen LogP contribution >= 0.6 is 0 Å². The fraction of sp³-hybridized carbons (Fsp3) is 0.647. The van der Waals surface area contributed by atoms with Gasteiger partial charge in [0.05, 0.1) is 0 Å². The molecular weight excluding hydrogens is 232 g/mol. The van der Waals surface area contributed by atoms with Crippen LogP contribution in [0.1, 0.15) is 51.6 Å². The van der Waals surface area contributed by atoms with Crippen molar-refractivity contribution in [2.45, 2.75) is 46.1 Å². The minimum Gasteiger partial charge on any atom is -0.378 e. The Balaban J connectivity index is 2.64. The Morgan fingerprint density at radius 3 is 2.16 bits per heavy atom. The van der Waals surface area contributed by atoms with Gasteiger partial charge in [-0.05, 0) is 36.6 Å². The van der Waals surface area contributed by atoms with Gasteiger partial charge in [-0.25, -0.2) is 0 Å². The molecule has 0 aliphatic rings. The van der Waals surface area contributed by atoms with Crippen molar-refractivity contribution < 1.29 is 0 Å². The Morgan fingerprint density at radius 2 is 1.68 bits per heavy atom. The van der Waals surface area contributed by atoms with Gasteiger partial charge in [-0.3, -0.25) is 0 Å². The van der Waals surface area contributed by atoms with Gasteiger partial charge in [-0.2, -0.15) is 0 Å². The van der Waals surface area contributed by atoms with Crippen LogP contribution in [0.25, 0.3) is 0 Å². The number of anilines is 1. The van der Waals surface area contributed by atoms with Crippen molar-refractivity contribution in [3.63, 3.8) is 0 Å². The van der Waals surface area contributed by atoms with Gasteiger partial charge in [0.15, 0.2) is 0 Å². The van der Waals surface area contributed by atoms with Crippen molar-refractivity contribution in [1.82, 2.24) is 5.32 Å². The third-order valence-electron chi connectivity index (χ3n) is 3.54. The molecule has 0 aromatic heterocycles. The highest BCUT2D eigenvalue weighted by atomic mass is 15.1. The number of hydrogen-bond donors (Lipinski definition) is 1. The van der Waals surface area contributed by atoms with Crippen LogP contribution in [0, 0.1) is 5.92 Å². The lowest BCUT2D eigenvalue weighted by molar-refractivity contribution is 0.455. The summed E-state index contributed by atoms with van der Waals surface area (Å²) in [5.74, 6) is 0.804. The fourth-order valence-electron chi connectivity index (χ4n) is 2.37. The quantitative estimate of drug-likeness (QED) is 0.754. The van der Waals surface area contributed by atoms with Gasteiger partial charge in [0.25, 0.3) is 0 Å². The van der Waals surface area contributed by atoms with Gasteiger partial charge < -0.3 is 10.2 Å². The number of benzene rings is 1. The van der Waals surface area contributed by atoms with Crippen LogP contribution in [0.2, 0.25) is 0 Å². The summed E-state index contributed by atoms with van der Waals surface area (Å²) in [6.07, 6.45) is 3.84. The first-order valence-electron chi connectivity index (χ1n) is 7.55. The second kappa shape index (κ2) is 8.21. The van der Waals surface area contributed by atoms with Gasteiger partial charge >= 0.3 is 0 Å². The second-order valence-corrected chi connectivity index (χ2v) is 5.92. The first-order valence-corrected chi connectivity index (χ1v) is 7.55. The molecule has 0 amide bonds. The molecule has 2 heteroatoms. The highest BCUT2D eigenvalue weighted by Crippen LogP contribution is 2.23. The molecule has 1 rings (SSSR count). The lowest BCUT2D eigenvalue weighted by Crippen LogP contribution is -2.21. The van der Waals surface area contributed by atoms with E-state index in [4.69, 9.17) is 0 Å². The van der Waals surface area contributed by atoms with Gasteiger partial charge in [-0.15, -0.1) is 0 Å². The van der Waals surface area contributed by atoms with E-state index >= 15 is 0 Å². The number of rotatable bonds is 8. The minimum atomic E-state index is 0.500. The maximum absolute atomic E-state index is 3.61. The van der Waals surface area contributed by atoms with Crippen LogP contribution in [0.15, 0.2) is 24.3 Å². The molecule has 1 unspecified atom stereocenters. The Kier molecular flexibility index (Phi) is 6.93. The van der Waals surface area contributed by atoms with Crippen LogP contribution < -0.4 is 10.2 Å². The first-order chi connectivity index (χ1) is 9.04. The van der Waals surface area contributed by atoms with Crippen LogP contribution in [0.4, 0.5) is 5.69 Å². The molecular formula is C17H30N2. The van der Waals surface area contributed by atoms with Gasteiger partial charge in [0, 0.05) is 25.8 Å². The van der Waals surface area contributed by atoms with E-state index in [2.05, 4.69) is 69.3 Å². The molecule has 0 saturated carbocycles. The summed E-state index contributed by atoms with van der Waals surface area (Å²) in [5, 5.41) is 3.61. The predicted octanol–water partition coefficient (Wildman–Crippen LogP) is 4.23. The number of nitrogens with one attached hydrogen (secondary N) is 1. The van der Waals surface area contributed by atoms with Crippen LogP contribution in [0.3, 0.4) is 0 Å². The number of nitrogens with zero attached hydrogens (tertiary/aromatic N) is 1. The summed E-state index contributed by atoms with van der Waals surface area (Å²) in [4.78, 5) is 2.14.